The Morgan fingerprint density at radius 2 is 2.12 bits per heavy atom. The summed E-state index contributed by atoms with van der Waals surface area (Å²) in [5, 5.41) is 10.7. The molecule has 0 saturated heterocycles. The number of methoxy groups -OCH3 is 1. The second kappa shape index (κ2) is 3.36. The lowest BCUT2D eigenvalue weighted by atomic mass is 10.0. The highest BCUT2D eigenvalue weighted by Crippen LogP contribution is 2.58. The first-order valence-electron chi connectivity index (χ1n) is 4.81. The van der Waals surface area contributed by atoms with E-state index in [2.05, 4.69) is 0 Å². The number of rotatable bonds is 3. The molecule has 0 aliphatic heterocycles. The van der Waals surface area contributed by atoms with Crippen molar-refractivity contribution in [2.24, 2.45) is 5.73 Å². The van der Waals surface area contributed by atoms with E-state index in [1.165, 1.54) is 19.2 Å². The molecule has 0 heterocycles. The Bertz CT molecular complexity index is 492. The van der Waals surface area contributed by atoms with Crippen molar-refractivity contribution >= 4 is 5.69 Å². The molecule has 0 radical (unpaired) electrons. The molecule has 1 fully saturated rings. The van der Waals surface area contributed by atoms with Crippen LogP contribution in [0.15, 0.2) is 18.2 Å². The molecule has 1 aliphatic rings. The van der Waals surface area contributed by atoms with Crippen LogP contribution in [0, 0.1) is 10.1 Å². The van der Waals surface area contributed by atoms with Crippen molar-refractivity contribution in [1.82, 2.24) is 0 Å². The van der Waals surface area contributed by atoms with Gasteiger partial charge < -0.3 is 10.5 Å². The van der Waals surface area contributed by atoms with E-state index in [0.717, 1.165) is 6.07 Å². The van der Waals surface area contributed by atoms with Crippen molar-refractivity contribution in [2.45, 2.75) is 17.9 Å². The minimum Gasteiger partial charge on any atom is -0.490 e. The first-order valence-corrected chi connectivity index (χ1v) is 4.81. The Balaban J connectivity index is 2.46. The second-order valence-electron chi connectivity index (χ2n) is 4.00. The van der Waals surface area contributed by atoms with E-state index in [-0.39, 0.29) is 17.0 Å². The van der Waals surface area contributed by atoms with Crippen molar-refractivity contribution in [2.75, 3.05) is 7.11 Å². The molecule has 1 aromatic carbocycles. The number of nitro benzene ring substituents is 1. The molecule has 2 N–H and O–H groups in total. The summed E-state index contributed by atoms with van der Waals surface area (Å²) in [7, 11) is 1.27. The zero-order valence-electron chi connectivity index (χ0n) is 8.94. The summed E-state index contributed by atoms with van der Waals surface area (Å²) in [6.45, 7) is 0. The molecule has 0 bridgehead atoms. The van der Waals surface area contributed by atoms with E-state index in [0.29, 0.717) is 0 Å². The van der Waals surface area contributed by atoms with Crippen LogP contribution in [-0.2, 0) is 5.54 Å². The van der Waals surface area contributed by atoms with E-state index in [1.54, 1.807) is 0 Å². The maximum atomic E-state index is 13.1. The molecule has 17 heavy (non-hydrogen) atoms. The number of alkyl halides is 2. The van der Waals surface area contributed by atoms with Crippen LogP contribution in [0.2, 0.25) is 0 Å². The van der Waals surface area contributed by atoms with E-state index < -0.39 is 22.8 Å². The van der Waals surface area contributed by atoms with Crippen LogP contribution in [0.1, 0.15) is 12.0 Å². The van der Waals surface area contributed by atoms with Crippen LogP contribution in [0.3, 0.4) is 0 Å². The largest absolute Gasteiger partial charge is 0.490 e. The third-order valence-electron chi connectivity index (χ3n) is 2.92. The van der Waals surface area contributed by atoms with Crippen LogP contribution in [0.4, 0.5) is 14.5 Å². The Hall–Kier alpha value is -1.76. The van der Waals surface area contributed by atoms with Gasteiger partial charge in [0.15, 0.2) is 5.75 Å². The van der Waals surface area contributed by atoms with Crippen LogP contribution in [0.5, 0.6) is 5.75 Å². The van der Waals surface area contributed by atoms with Gasteiger partial charge >= 0.3 is 5.69 Å². The van der Waals surface area contributed by atoms with Gasteiger partial charge in [0.05, 0.1) is 12.0 Å². The molecular weight excluding hydrogens is 234 g/mol. The van der Waals surface area contributed by atoms with Gasteiger partial charge in [0, 0.05) is 12.5 Å². The standard InChI is InChI=1S/C10H10F2N2O3/c1-17-8-3-2-6(4-7(8)14(15)16)9(13)5-10(9,11)12/h2-4H,5,13H2,1H3. The van der Waals surface area contributed by atoms with Crippen molar-refractivity contribution in [3.8, 4) is 5.75 Å². The highest BCUT2D eigenvalue weighted by atomic mass is 19.3. The quantitative estimate of drug-likeness (QED) is 0.649. The number of hydrogen-bond acceptors (Lipinski definition) is 4. The minimum atomic E-state index is -3.00. The lowest BCUT2D eigenvalue weighted by Gasteiger charge is -2.11. The number of halogens is 2. The van der Waals surface area contributed by atoms with Crippen molar-refractivity contribution in [3.63, 3.8) is 0 Å². The first-order chi connectivity index (χ1) is 7.82. The summed E-state index contributed by atoms with van der Waals surface area (Å²) in [6, 6.07) is 3.64. The lowest BCUT2D eigenvalue weighted by Crippen LogP contribution is -2.27. The van der Waals surface area contributed by atoms with Gasteiger partial charge in [0.1, 0.15) is 5.54 Å². The molecule has 2 rings (SSSR count). The number of ether oxygens (including phenoxy) is 1. The van der Waals surface area contributed by atoms with Crippen molar-refractivity contribution in [1.29, 1.82) is 0 Å². The van der Waals surface area contributed by atoms with Gasteiger partial charge in [0.25, 0.3) is 5.92 Å². The summed E-state index contributed by atoms with van der Waals surface area (Å²) in [5.41, 5.74) is 3.39. The van der Waals surface area contributed by atoms with E-state index in [1.807, 2.05) is 0 Å². The molecule has 1 unspecified atom stereocenters. The van der Waals surface area contributed by atoms with Crippen LogP contribution in [-0.4, -0.2) is 18.0 Å². The molecular formula is C10H10F2N2O3. The van der Waals surface area contributed by atoms with E-state index in [4.69, 9.17) is 10.5 Å². The molecule has 0 spiro atoms. The van der Waals surface area contributed by atoms with E-state index in [9.17, 15) is 18.9 Å². The summed E-state index contributed by atoms with van der Waals surface area (Å²) < 4.78 is 30.9. The van der Waals surface area contributed by atoms with Gasteiger partial charge in [-0.1, -0.05) is 6.07 Å². The monoisotopic (exact) mass is 244 g/mol. The van der Waals surface area contributed by atoms with Gasteiger partial charge in [0.2, 0.25) is 0 Å². The molecule has 92 valence electrons. The molecule has 7 heteroatoms. The summed E-state index contributed by atoms with van der Waals surface area (Å²) >= 11 is 0. The molecule has 0 aromatic heterocycles. The zero-order chi connectivity index (χ0) is 12.8. The first kappa shape index (κ1) is 11.7. The summed E-state index contributed by atoms with van der Waals surface area (Å²) in [6.07, 6.45) is -0.497. The third kappa shape index (κ3) is 1.62. The van der Waals surface area contributed by atoms with Gasteiger partial charge in [-0.25, -0.2) is 8.78 Å². The predicted octanol–water partition coefficient (Wildman–Crippen LogP) is 1.80. The predicted molar refractivity (Wildman–Crippen MR) is 55.1 cm³/mol. The number of hydrogen-bond donors (Lipinski definition) is 1. The Labute approximate surface area is 95.3 Å². The molecule has 1 aliphatic carbocycles. The van der Waals surface area contributed by atoms with Crippen LogP contribution in [0.25, 0.3) is 0 Å². The van der Waals surface area contributed by atoms with Gasteiger partial charge in [-0.05, 0) is 11.6 Å². The number of nitrogens with two attached hydrogens (primary N) is 1. The normalized spacial score (nSPS) is 25.4. The van der Waals surface area contributed by atoms with Gasteiger partial charge in [-0.15, -0.1) is 0 Å². The third-order valence-corrected chi connectivity index (χ3v) is 2.92. The molecule has 1 saturated carbocycles. The van der Waals surface area contributed by atoms with E-state index >= 15 is 0 Å². The molecule has 5 nitrogen and oxygen atoms in total. The Morgan fingerprint density at radius 3 is 2.53 bits per heavy atom. The fraction of sp³-hybridized carbons (Fsp3) is 0.400. The topological polar surface area (TPSA) is 78.4 Å². The molecule has 1 atom stereocenters. The van der Waals surface area contributed by atoms with Crippen LogP contribution < -0.4 is 10.5 Å². The maximum absolute atomic E-state index is 13.1. The van der Waals surface area contributed by atoms with Gasteiger partial charge in [-0.2, -0.15) is 0 Å². The van der Waals surface area contributed by atoms with Crippen molar-refractivity contribution in [3.05, 3.63) is 33.9 Å². The van der Waals surface area contributed by atoms with Crippen molar-refractivity contribution < 1.29 is 18.4 Å². The summed E-state index contributed by atoms with van der Waals surface area (Å²) in [5.74, 6) is -2.98. The lowest BCUT2D eigenvalue weighted by molar-refractivity contribution is -0.385. The Morgan fingerprint density at radius 1 is 1.53 bits per heavy atom. The smallest absolute Gasteiger partial charge is 0.311 e. The zero-order valence-corrected chi connectivity index (χ0v) is 8.94. The average Bonchev–Trinajstić information content (AvgIpc) is 2.78. The average molecular weight is 244 g/mol. The number of benzene rings is 1. The highest BCUT2D eigenvalue weighted by Gasteiger charge is 2.70. The second-order valence-corrected chi connectivity index (χ2v) is 4.00. The van der Waals surface area contributed by atoms with Crippen LogP contribution >= 0.6 is 0 Å². The Kier molecular flexibility index (Phi) is 2.32. The molecule has 0 amide bonds. The van der Waals surface area contributed by atoms with Gasteiger partial charge in [-0.3, -0.25) is 10.1 Å². The fourth-order valence-electron chi connectivity index (χ4n) is 1.73. The summed E-state index contributed by atoms with van der Waals surface area (Å²) in [4.78, 5) is 10.1. The minimum absolute atomic E-state index is 0.0197. The SMILES string of the molecule is COc1ccc(C2(N)CC2(F)F)cc1[N+](=O)[O-]. The number of nitrogens with zero attached hydrogens (tertiary/aromatic N) is 1. The highest BCUT2D eigenvalue weighted by molar-refractivity contribution is 5.52. The fourth-order valence-corrected chi connectivity index (χ4v) is 1.73. The number of nitro groups is 1. The molecule has 1 aromatic rings. The maximum Gasteiger partial charge on any atom is 0.311 e.